The zero-order valence-corrected chi connectivity index (χ0v) is 30.2. The lowest BCUT2D eigenvalue weighted by molar-refractivity contribution is 0.123. The van der Waals surface area contributed by atoms with Crippen LogP contribution in [-0.2, 0) is 5.41 Å². The van der Waals surface area contributed by atoms with E-state index in [1.165, 1.54) is 46.5 Å². The highest BCUT2D eigenvalue weighted by molar-refractivity contribution is 7.13. The number of nitrogens with zero attached hydrogens (tertiary/aromatic N) is 5. The van der Waals surface area contributed by atoms with Gasteiger partial charge in [0, 0.05) is 19.1 Å². The second-order valence-corrected chi connectivity index (χ2v) is 16.2. The van der Waals surface area contributed by atoms with Crippen LogP contribution in [-0.4, -0.2) is 63.6 Å². The van der Waals surface area contributed by atoms with Gasteiger partial charge in [0.05, 0.1) is 43.1 Å². The Kier molecular flexibility index (Phi) is 8.73. The number of benzene rings is 3. The van der Waals surface area contributed by atoms with E-state index in [2.05, 4.69) is 87.6 Å². The molecule has 3 aliphatic heterocycles. The SMILES string of the molecule is Cc1ncsc1-c1ccc([C@@H](N)CN2CCC(CN3CCC(c4cccc5c4C(C)(C)c4nc(=O)c6c(Cl)cccc6n4-5)CC3)CC2)cc1. The zero-order valence-electron chi connectivity index (χ0n) is 28.7. The molecule has 0 unspecified atom stereocenters. The van der Waals surface area contributed by atoms with Crippen molar-refractivity contribution < 1.29 is 0 Å². The van der Waals surface area contributed by atoms with Crippen molar-refractivity contribution in [2.75, 3.05) is 39.3 Å². The quantitative estimate of drug-likeness (QED) is 0.188. The van der Waals surface area contributed by atoms with Crippen LogP contribution in [0.2, 0.25) is 5.02 Å². The summed E-state index contributed by atoms with van der Waals surface area (Å²) in [7, 11) is 0. The Morgan fingerprint density at radius 3 is 2.39 bits per heavy atom. The molecule has 5 heterocycles. The van der Waals surface area contributed by atoms with Crippen molar-refractivity contribution in [3.63, 3.8) is 0 Å². The average molecular weight is 693 g/mol. The minimum atomic E-state index is -0.375. The molecule has 0 radical (unpaired) electrons. The highest BCUT2D eigenvalue weighted by Gasteiger charge is 2.42. The number of piperidine rings is 2. The molecule has 3 aliphatic rings. The van der Waals surface area contributed by atoms with Crippen molar-refractivity contribution in [1.82, 2.24) is 24.3 Å². The molecule has 2 N–H and O–H groups in total. The lowest BCUT2D eigenvalue weighted by Gasteiger charge is -2.39. The second-order valence-electron chi connectivity index (χ2n) is 14.9. The molecule has 2 saturated heterocycles. The number of thiazole rings is 1. The number of hydrogen-bond acceptors (Lipinski definition) is 7. The maximum atomic E-state index is 13.1. The maximum absolute atomic E-state index is 13.1. The van der Waals surface area contributed by atoms with Crippen LogP contribution in [0.25, 0.3) is 27.0 Å². The summed E-state index contributed by atoms with van der Waals surface area (Å²) in [6.45, 7) is 13.1. The normalized spacial score (nSPS) is 19.3. The Labute approximate surface area is 297 Å². The highest BCUT2D eigenvalue weighted by Crippen LogP contribution is 2.48. The Morgan fingerprint density at radius 1 is 0.959 bits per heavy atom. The van der Waals surface area contributed by atoms with Crippen molar-refractivity contribution in [2.24, 2.45) is 11.7 Å². The molecule has 3 aromatic carbocycles. The van der Waals surface area contributed by atoms with E-state index in [0.29, 0.717) is 16.3 Å². The number of hydrogen-bond donors (Lipinski definition) is 1. The fourth-order valence-electron chi connectivity index (χ4n) is 8.75. The third-order valence-electron chi connectivity index (χ3n) is 11.4. The van der Waals surface area contributed by atoms with Gasteiger partial charge in [-0.1, -0.05) is 54.1 Å². The predicted octanol–water partition coefficient (Wildman–Crippen LogP) is 7.70. The van der Waals surface area contributed by atoms with Gasteiger partial charge in [0.1, 0.15) is 5.82 Å². The van der Waals surface area contributed by atoms with Crippen LogP contribution in [0.3, 0.4) is 0 Å². The summed E-state index contributed by atoms with van der Waals surface area (Å²) in [6.07, 6.45) is 4.77. The summed E-state index contributed by atoms with van der Waals surface area (Å²) in [4.78, 5) is 28.7. The molecule has 1 atom stereocenters. The van der Waals surface area contributed by atoms with Gasteiger partial charge in [-0.2, -0.15) is 4.98 Å². The first kappa shape index (κ1) is 32.8. The summed E-state index contributed by atoms with van der Waals surface area (Å²) in [6, 6.07) is 21.1. The smallest absolute Gasteiger partial charge is 0.282 e. The lowest BCUT2D eigenvalue weighted by atomic mass is 9.76. The van der Waals surface area contributed by atoms with Gasteiger partial charge in [-0.05, 0) is 125 Å². The van der Waals surface area contributed by atoms with Gasteiger partial charge in [0.15, 0.2) is 0 Å². The number of nitrogens with two attached hydrogens (primary N) is 1. The molecule has 0 amide bonds. The van der Waals surface area contributed by atoms with E-state index in [1.54, 1.807) is 17.4 Å². The van der Waals surface area contributed by atoms with Crippen LogP contribution in [0.5, 0.6) is 0 Å². The fourth-order valence-corrected chi connectivity index (χ4v) is 9.82. The number of halogens is 1. The number of likely N-dealkylation sites (tertiary alicyclic amines) is 2. The molecule has 8 rings (SSSR count). The van der Waals surface area contributed by atoms with E-state index in [4.69, 9.17) is 17.3 Å². The average Bonchev–Trinajstić information content (AvgIpc) is 3.64. The molecule has 0 aliphatic carbocycles. The fraction of sp³-hybridized carbons (Fsp3) is 0.425. The van der Waals surface area contributed by atoms with Gasteiger partial charge in [-0.3, -0.25) is 9.36 Å². The summed E-state index contributed by atoms with van der Waals surface area (Å²) in [5.41, 5.74) is 16.2. The van der Waals surface area contributed by atoms with Crippen molar-refractivity contribution in [3.05, 3.63) is 110 Å². The van der Waals surface area contributed by atoms with E-state index < -0.39 is 0 Å². The second kappa shape index (κ2) is 13.1. The standard InChI is InChI=1S/C40H45ClN6OS/c1-25-37(49-24-43-25)29-12-10-28(11-13-29)32(42)23-46-18-14-26(15-19-46)22-45-20-16-27(17-21-45)30-6-4-9-34-36(30)40(2,3)39-44-38(48)35-31(41)7-5-8-33(35)47(34)39/h4-13,24,26-27,32H,14-23,42H2,1-3H3/t32-/m0/s1. The highest BCUT2D eigenvalue weighted by atomic mass is 35.5. The first-order chi connectivity index (χ1) is 23.7. The molecular weight excluding hydrogens is 648 g/mol. The third-order valence-corrected chi connectivity index (χ3v) is 12.7. The van der Waals surface area contributed by atoms with Gasteiger partial charge in [0.2, 0.25) is 0 Å². The maximum Gasteiger partial charge on any atom is 0.282 e. The minimum absolute atomic E-state index is 0.0254. The van der Waals surface area contributed by atoms with Crippen LogP contribution in [0.4, 0.5) is 0 Å². The number of rotatable bonds is 7. The van der Waals surface area contributed by atoms with Gasteiger partial charge < -0.3 is 15.5 Å². The molecule has 5 aromatic rings. The largest absolute Gasteiger partial charge is 0.323 e. The monoisotopic (exact) mass is 692 g/mol. The van der Waals surface area contributed by atoms with E-state index in [-0.39, 0.29) is 17.0 Å². The number of fused-ring (bicyclic) bond motifs is 5. The summed E-state index contributed by atoms with van der Waals surface area (Å²) in [5.74, 6) is 2.04. The number of aryl methyl sites for hydroxylation is 1. The summed E-state index contributed by atoms with van der Waals surface area (Å²) in [5, 5.41) is 0.954. The van der Waals surface area contributed by atoms with Gasteiger partial charge in [-0.25, -0.2) is 4.98 Å². The van der Waals surface area contributed by atoms with Crippen molar-refractivity contribution >= 4 is 33.8 Å². The molecule has 0 spiro atoms. The molecule has 0 saturated carbocycles. The number of aromatic nitrogens is 3. The van der Waals surface area contributed by atoms with Crippen molar-refractivity contribution in [3.8, 4) is 16.1 Å². The first-order valence-electron chi connectivity index (χ1n) is 17.7. The lowest BCUT2D eigenvalue weighted by Crippen LogP contribution is -2.43. The zero-order chi connectivity index (χ0) is 33.9. The molecule has 2 fully saturated rings. The Hall–Kier alpha value is -3.40. The van der Waals surface area contributed by atoms with Gasteiger partial charge >= 0.3 is 0 Å². The Balaban J connectivity index is 0.876. The van der Waals surface area contributed by atoms with Gasteiger partial charge in [0.25, 0.3) is 5.56 Å². The molecule has 7 nitrogen and oxygen atoms in total. The van der Waals surface area contributed by atoms with Crippen molar-refractivity contribution in [1.29, 1.82) is 0 Å². The summed E-state index contributed by atoms with van der Waals surface area (Å²) < 4.78 is 2.18. The molecule has 2 aromatic heterocycles. The predicted molar refractivity (Wildman–Crippen MR) is 201 cm³/mol. The van der Waals surface area contributed by atoms with E-state index in [0.717, 1.165) is 74.2 Å². The van der Waals surface area contributed by atoms with Crippen molar-refractivity contribution in [2.45, 2.75) is 63.8 Å². The Bertz CT molecular complexity index is 2050. The molecular formula is C40H45ClN6OS. The van der Waals surface area contributed by atoms with Crippen LogP contribution < -0.4 is 11.3 Å². The molecule has 254 valence electrons. The van der Waals surface area contributed by atoms with Crippen LogP contribution >= 0.6 is 22.9 Å². The molecule has 9 heteroatoms. The molecule has 0 bridgehead atoms. The summed E-state index contributed by atoms with van der Waals surface area (Å²) >= 11 is 8.19. The van der Waals surface area contributed by atoms with Crippen LogP contribution in [0.1, 0.15) is 79.7 Å². The molecule has 49 heavy (non-hydrogen) atoms. The van der Waals surface area contributed by atoms with Gasteiger partial charge in [-0.15, -0.1) is 11.3 Å². The van der Waals surface area contributed by atoms with E-state index in [1.807, 2.05) is 17.6 Å². The first-order valence-corrected chi connectivity index (χ1v) is 19.0. The van der Waals surface area contributed by atoms with Crippen LogP contribution in [0.15, 0.2) is 71.0 Å². The topological polar surface area (TPSA) is 80.3 Å². The van der Waals surface area contributed by atoms with Crippen LogP contribution in [0, 0.1) is 12.8 Å². The van der Waals surface area contributed by atoms with E-state index in [9.17, 15) is 4.79 Å². The minimum Gasteiger partial charge on any atom is -0.323 e. The van der Waals surface area contributed by atoms with E-state index >= 15 is 0 Å². The third kappa shape index (κ3) is 5.95. The Morgan fingerprint density at radius 2 is 1.67 bits per heavy atom.